The highest BCUT2D eigenvalue weighted by Gasteiger charge is 2.31. The number of carbonyl (C=O) groups excluding carboxylic acids is 1. The number of anilines is 1. The van der Waals surface area contributed by atoms with Gasteiger partial charge in [0.1, 0.15) is 6.54 Å². The lowest BCUT2D eigenvalue weighted by molar-refractivity contribution is -0.157. The molecule has 2 N–H and O–H groups in total. The molecule has 29 heavy (non-hydrogen) atoms. The van der Waals surface area contributed by atoms with Gasteiger partial charge in [-0.2, -0.15) is 13.2 Å². The monoisotopic (exact) mass is 520 g/mol. The van der Waals surface area contributed by atoms with Crippen molar-refractivity contribution in [1.82, 2.24) is 10.2 Å². The molecule has 0 bridgehead atoms. The minimum atomic E-state index is -4.44. The van der Waals surface area contributed by atoms with E-state index in [4.69, 9.17) is 0 Å². The number of aliphatic imine (C=N–C) groups is 1. The van der Waals surface area contributed by atoms with Crippen LogP contribution in [0.2, 0.25) is 0 Å². The Morgan fingerprint density at radius 3 is 2.28 bits per heavy atom. The molecule has 0 fully saturated rings. The number of nitrogens with zero attached hydrogens (tertiary/aromatic N) is 2. The average molecular weight is 520 g/mol. The summed E-state index contributed by atoms with van der Waals surface area (Å²) in [6, 6.07) is 17.0. The number of rotatable bonds is 6. The van der Waals surface area contributed by atoms with Crippen molar-refractivity contribution in [2.45, 2.75) is 19.6 Å². The summed E-state index contributed by atoms with van der Waals surface area (Å²) in [7, 11) is 1.12. The molecule has 0 unspecified atom stereocenters. The summed E-state index contributed by atoms with van der Waals surface area (Å²) in [6.45, 7) is 0.740. The van der Waals surface area contributed by atoms with Crippen molar-refractivity contribution in [3.63, 3.8) is 0 Å². The van der Waals surface area contributed by atoms with Crippen molar-refractivity contribution in [2.24, 2.45) is 4.99 Å². The number of halogens is 4. The first kappa shape index (κ1) is 24.7. The third-order valence-electron chi connectivity index (χ3n) is 3.83. The zero-order chi connectivity index (χ0) is 20.6. The smallest absolute Gasteiger partial charge is 0.347 e. The number of hydrogen-bond donors (Lipinski definition) is 2. The standard InChI is InChI=1S/C20H23F3N4O.HI/c1-15-8-10-16(11-9-15)12-24-19(26-17-6-4-3-5-7-17)25-13-18(28)27(2)14-20(21,22)23;/h3-11H,12-14H2,1-2H3,(H2,24,25,26);1H. The van der Waals surface area contributed by atoms with Crippen LogP contribution in [0.15, 0.2) is 59.6 Å². The molecule has 2 aromatic rings. The highest BCUT2D eigenvalue weighted by molar-refractivity contribution is 14.0. The second-order valence-corrected chi connectivity index (χ2v) is 6.36. The molecule has 0 aliphatic heterocycles. The molecule has 9 heteroatoms. The number of hydrogen-bond acceptors (Lipinski definition) is 2. The molecule has 5 nitrogen and oxygen atoms in total. The summed E-state index contributed by atoms with van der Waals surface area (Å²) in [5, 5.41) is 5.85. The second kappa shape index (κ2) is 11.6. The highest BCUT2D eigenvalue weighted by atomic mass is 127. The van der Waals surface area contributed by atoms with E-state index in [9.17, 15) is 18.0 Å². The summed E-state index contributed by atoms with van der Waals surface area (Å²) in [5.41, 5.74) is 2.85. The average Bonchev–Trinajstić information content (AvgIpc) is 2.64. The molecule has 0 aromatic heterocycles. The van der Waals surface area contributed by atoms with Gasteiger partial charge in [-0.1, -0.05) is 48.0 Å². The van der Waals surface area contributed by atoms with Crippen molar-refractivity contribution < 1.29 is 18.0 Å². The topological polar surface area (TPSA) is 56.7 Å². The van der Waals surface area contributed by atoms with Gasteiger partial charge in [0, 0.05) is 12.7 Å². The Labute approximate surface area is 185 Å². The zero-order valence-electron chi connectivity index (χ0n) is 16.2. The van der Waals surface area contributed by atoms with Gasteiger partial charge in [0.25, 0.3) is 0 Å². The molecule has 0 saturated carbocycles. The third-order valence-corrected chi connectivity index (χ3v) is 3.83. The van der Waals surface area contributed by atoms with Crippen LogP contribution in [0.5, 0.6) is 0 Å². The summed E-state index contributed by atoms with van der Waals surface area (Å²) in [4.78, 5) is 17.0. The molecule has 0 spiro atoms. The SMILES string of the molecule is Cc1ccc(CN=C(NCC(=O)N(C)CC(F)(F)F)Nc2ccccc2)cc1.I. The van der Waals surface area contributed by atoms with Gasteiger partial charge in [-0.3, -0.25) is 4.79 Å². The van der Waals surface area contributed by atoms with E-state index in [1.54, 1.807) is 0 Å². The first-order chi connectivity index (χ1) is 13.2. The van der Waals surface area contributed by atoms with Crippen LogP contribution >= 0.6 is 24.0 Å². The Bertz CT molecular complexity index is 796. The number of amides is 1. The van der Waals surface area contributed by atoms with Crippen LogP contribution in [0.25, 0.3) is 0 Å². The van der Waals surface area contributed by atoms with Crippen molar-refractivity contribution in [3.05, 3.63) is 65.7 Å². The molecular formula is C20H24F3IN4O. The first-order valence-corrected chi connectivity index (χ1v) is 8.69. The van der Waals surface area contributed by atoms with E-state index in [0.29, 0.717) is 17.4 Å². The number of guanidine groups is 1. The summed E-state index contributed by atoms with van der Waals surface area (Å²) in [6.07, 6.45) is -4.44. The molecule has 1 amide bonds. The first-order valence-electron chi connectivity index (χ1n) is 8.69. The van der Waals surface area contributed by atoms with Crippen LogP contribution in [-0.2, 0) is 11.3 Å². The predicted octanol–water partition coefficient (Wildman–Crippen LogP) is 4.19. The van der Waals surface area contributed by atoms with Crippen LogP contribution < -0.4 is 10.6 Å². The molecule has 0 radical (unpaired) electrons. The minimum absolute atomic E-state index is 0. The van der Waals surface area contributed by atoms with Crippen molar-refractivity contribution in [2.75, 3.05) is 25.5 Å². The van der Waals surface area contributed by atoms with Gasteiger partial charge in [0.15, 0.2) is 5.96 Å². The highest BCUT2D eigenvalue weighted by Crippen LogP contribution is 2.15. The Hall–Kier alpha value is -2.30. The summed E-state index contributed by atoms with van der Waals surface area (Å²) < 4.78 is 37.3. The number of para-hydroxylation sites is 1. The van der Waals surface area contributed by atoms with Crippen LogP contribution in [0.3, 0.4) is 0 Å². The minimum Gasteiger partial charge on any atom is -0.347 e. The molecule has 0 aliphatic carbocycles. The fourth-order valence-electron chi connectivity index (χ4n) is 2.31. The van der Waals surface area contributed by atoms with Gasteiger partial charge in [-0.05, 0) is 24.6 Å². The van der Waals surface area contributed by atoms with E-state index in [-0.39, 0.29) is 30.5 Å². The van der Waals surface area contributed by atoms with Crippen LogP contribution in [0.1, 0.15) is 11.1 Å². The van der Waals surface area contributed by atoms with E-state index in [2.05, 4.69) is 15.6 Å². The molecular weight excluding hydrogens is 496 g/mol. The van der Waals surface area contributed by atoms with Gasteiger partial charge in [-0.15, -0.1) is 24.0 Å². The van der Waals surface area contributed by atoms with E-state index >= 15 is 0 Å². The normalized spacial score (nSPS) is 11.4. The lowest BCUT2D eigenvalue weighted by Crippen LogP contribution is -2.43. The predicted molar refractivity (Wildman–Crippen MR) is 119 cm³/mol. The Morgan fingerprint density at radius 2 is 1.69 bits per heavy atom. The van der Waals surface area contributed by atoms with Crippen LogP contribution in [0, 0.1) is 6.92 Å². The van der Waals surface area contributed by atoms with Crippen molar-refractivity contribution in [1.29, 1.82) is 0 Å². The Balaban J connectivity index is 0.00000420. The molecule has 0 atom stereocenters. The van der Waals surface area contributed by atoms with Crippen LogP contribution in [0.4, 0.5) is 18.9 Å². The maximum Gasteiger partial charge on any atom is 0.406 e. The maximum atomic E-state index is 12.4. The number of alkyl halides is 3. The molecule has 2 aromatic carbocycles. The number of likely N-dealkylation sites (N-methyl/N-ethyl adjacent to an activating group) is 1. The van der Waals surface area contributed by atoms with E-state index in [1.165, 1.54) is 0 Å². The van der Waals surface area contributed by atoms with Crippen molar-refractivity contribution in [3.8, 4) is 0 Å². The molecule has 2 rings (SSSR count). The second-order valence-electron chi connectivity index (χ2n) is 6.36. The lowest BCUT2D eigenvalue weighted by Gasteiger charge is -2.20. The van der Waals surface area contributed by atoms with Gasteiger partial charge < -0.3 is 15.5 Å². The van der Waals surface area contributed by atoms with E-state index in [0.717, 1.165) is 23.9 Å². The summed E-state index contributed by atoms with van der Waals surface area (Å²) in [5.74, 6) is -0.379. The van der Waals surface area contributed by atoms with E-state index < -0.39 is 18.6 Å². The fourth-order valence-corrected chi connectivity index (χ4v) is 2.31. The van der Waals surface area contributed by atoms with Gasteiger partial charge in [0.2, 0.25) is 5.91 Å². The quantitative estimate of drug-likeness (QED) is 0.342. The summed E-state index contributed by atoms with van der Waals surface area (Å²) >= 11 is 0. The zero-order valence-corrected chi connectivity index (χ0v) is 18.5. The van der Waals surface area contributed by atoms with Gasteiger partial charge >= 0.3 is 6.18 Å². The third kappa shape index (κ3) is 9.64. The Kier molecular flexibility index (Phi) is 9.93. The number of aryl methyl sites for hydroxylation is 1. The Morgan fingerprint density at radius 1 is 1.07 bits per heavy atom. The van der Waals surface area contributed by atoms with Crippen molar-refractivity contribution >= 4 is 41.5 Å². The molecule has 158 valence electrons. The largest absolute Gasteiger partial charge is 0.406 e. The number of benzene rings is 2. The maximum absolute atomic E-state index is 12.4. The van der Waals surface area contributed by atoms with Gasteiger partial charge in [0.05, 0.1) is 13.1 Å². The lowest BCUT2D eigenvalue weighted by atomic mass is 10.1. The number of carbonyl (C=O) groups is 1. The van der Waals surface area contributed by atoms with Crippen LogP contribution in [-0.4, -0.2) is 43.1 Å². The van der Waals surface area contributed by atoms with E-state index in [1.807, 2.05) is 61.5 Å². The van der Waals surface area contributed by atoms with Gasteiger partial charge in [-0.25, -0.2) is 4.99 Å². The number of nitrogens with one attached hydrogen (secondary N) is 2. The fraction of sp³-hybridized carbons (Fsp3) is 0.300. The molecule has 0 heterocycles. The molecule has 0 saturated heterocycles. The molecule has 0 aliphatic rings.